The van der Waals surface area contributed by atoms with Gasteiger partial charge in [0.05, 0.1) is 5.52 Å². The molecule has 2 heterocycles. The Balaban J connectivity index is 1.94. The van der Waals surface area contributed by atoms with Crippen molar-refractivity contribution in [2.75, 3.05) is 11.1 Å². The number of thiophene rings is 1. The van der Waals surface area contributed by atoms with Gasteiger partial charge in [0.25, 0.3) is 0 Å². The average Bonchev–Trinajstić information content (AvgIpc) is 2.81. The molecule has 4 nitrogen and oxygen atoms in total. The van der Waals surface area contributed by atoms with Gasteiger partial charge in [0, 0.05) is 11.9 Å². The first-order valence-electron chi connectivity index (χ1n) is 6.02. The lowest BCUT2D eigenvalue weighted by Crippen LogP contribution is -2.05. The van der Waals surface area contributed by atoms with Crippen molar-refractivity contribution in [3.8, 4) is 0 Å². The summed E-state index contributed by atoms with van der Waals surface area (Å²) >= 11 is 1.71. The Hall–Kier alpha value is -2.14. The van der Waals surface area contributed by atoms with Crippen LogP contribution in [0.1, 0.15) is 11.1 Å². The van der Waals surface area contributed by atoms with E-state index in [1.54, 1.807) is 11.3 Å². The third kappa shape index (κ3) is 2.37. The van der Waals surface area contributed by atoms with E-state index in [1.807, 2.05) is 24.3 Å². The molecule has 0 aliphatic rings. The maximum Gasteiger partial charge on any atom is 0.222 e. The Labute approximate surface area is 115 Å². The number of nitrogens with one attached hydrogen (secondary N) is 1. The summed E-state index contributed by atoms with van der Waals surface area (Å²) in [5.74, 6) is 1.08. The van der Waals surface area contributed by atoms with Crippen LogP contribution in [0.3, 0.4) is 0 Å². The zero-order valence-electron chi connectivity index (χ0n) is 10.6. The van der Waals surface area contributed by atoms with Crippen LogP contribution in [0.2, 0.25) is 0 Å². The van der Waals surface area contributed by atoms with Gasteiger partial charge in [-0.3, -0.25) is 0 Å². The maximum atomic E-state index is 5.74. The second-order valence-electron chi connectivity index (χ2n) is 4.38. The standard InChI is InChI=1S/C14H14N4S/c1-9-7-19-8-10(9)6-16-13-11-4-2-3-5-12(11)17-14(15)18-13/h2-5,7-8H,6H2,1H3,(H3,15,16,17,18). The number of nitrogens with two attached hydrogens (primary N) is 1. The lowest BCUT2D eigenvalue weighted by molar-refractivity contribution is 1.10. The van der Waals surface area contributed by atoms with Crippen molar-refractivity contribution < 1.29 is 0 Å². The highest BCUT2D eigenvalue weighted by Gasteiger charge is 2.06. The van der Waals surface area contributed by atoms with E-state index < -0.39 is 0 Å². The predicted octanol–water partition coefficient (Wildman–Crippen LogP) is 3.19. The summed E-state index contributed by atoms with van der Waals surface area (Å²) in [5, 5.41) is 8.63. The molecule has 0 spiro atoms. The number of aromatic nitrogens is 2. The van der Waals surface area contributed by atoms with Gasteiger partial charge < -0.3 is 11.1 Å². The first-order chi connectivity index (χ1) is 9.24. The van der Waals surface area contributed by atoms with Crippen molar-refractivity contribution in [3.05, 3.63) is 46.2 Å². The number of benzene rings is 1. The van der Waals surface area contributed by atoms with E-state index in [1.165, 1.54) is 11.1 Å². The smallest absolute Gasteiger partial charge is 0.222 e. The summed E-state index contributed by atoms with van der Waals surface area (Å²) in [6.07, 6.45) is 0. The number of nitrogens with zero attached hydrogens (tertiary/aromatic N) is 2. The second-order valence-corrected chi connectivity index (χ2v) is 5.12. The summed E-state index contributed by atoms with van der Waals surface area (Å²) in [4.78, 5) is 8.52. The molecule has 0 saturated heterocycles. The summed E-state index contributed by atoms with van der Waals surface area (Å²) < 4.78 is 0. The lowest BCUT2D eigenvalue weighted by Gasteiger charge is -2.09. The fraction of sp³-hybridized carbons (Fsp3) is 0.143. The SMILES string of the molecule is Cc1cscc1CNc1nc(N)nc2ccccc12. The van der Waals surface area contributed by atoms with Crippen molar-refractivity contribution >= 4 is 34.0 Å². The molecule has 0 aliphatic heterocycles. The molecule has 96 valence electrons. The van der Waals surface area contributed by atoms with E-state index in [-0.39, 0.29) is 0 Å². The molecule has 0 fully saturated rings. The van der Waals surface area contributed by atoms with Crippen LogP contribution in [0, 0.1) is 6.92 Å². The van der Waals surface area contributed by atoms with Crippen LogP contribution >= 0.6 is 11.3 Å². The Morgan fingerprint density at radius 2 is 2.05 bits per heavy atom. The Kier molecular flexibility index (Phi) is 3.05. The number of fused-ring (bicyclic) bond motifs is 1. The molecule has 2 aromatic heterocycles. The van der Waals surface area contributed by atoms with E-state index in [2.05, 4.69) is 33.0 Å². The molecule has 3 N–H and O–H groups in total. The van der Waals surface area contributed by atoms with Crippen molar-refractivity contribution in [2.24, 2.45) is 0 Å². The van der Waals surface area contributed by atoms with Gasteiger partial charge in [-0.1, -0.05) is 12.1 Å². The van der Waals surface area contributed by atoms with Crippen molar-refractivity contribution in [2.45, 2.75) is 13.5 Å². The summed E-state index contributed by atoms with van der Waals surface area (Å²) in [6, 6.07) is 7.86. The van der Waals surface area contributed by atoms with Crippen molar-refractivity contribution in [1.29, 1.82) is 0 Å². The number of hydrogen-bond donors (Lipinski definition) is 2. The molecule has 1 aromatic carbocycles. The Bertz CT molecular complexity index is 720. The van der Waals surface area contributed by atoms with Crippen molar-refractivity contribution in [3.63, 3.8) is 0 Å². The highest BCUT2D eigenvalue weighted by Crippen LogP contribution is 2.22. The number of para-hydroxylation sites is 1. The number of rotatable bonds is 3. The van der Waals surface area contributed by atoms with Crippen LogP contribution in [-0.2, 0) is 6.54 Å². The van der Waals surface area contributed by atoms with Crippen LogP contribution in [-0.4, -0.2) is 9.97 Å². The minimum Gasteiger partial charge on any atom is -0.368 e. The molecule has 0 saturated carbocycles. The van der Waals surface area contributed by atoms with Gasteiger partial charge in [-0.25, -0.2) is 4.98 Å². The van der Waals surface area contributed by atoms with E-state index >= 15 is 0 Å². The first-order valence-corrected chi connectivity index (χ1v) is 6.96. The summed E-state index contributed by atoms with van der Waals surface area (Å²) in [5.41, 5.74) is 9.18. The van der Waals surface area contributed by atoms with Gasteiger partial charge in [0.1, 0.15) is 5.82 Å². The molecule has 0 aliphatic carbocycles. The summed E-state index contributed by atoms with van der Waals surface area (Å²) in [6.45, 7) is 2.86. The molecular weight excluding hydrogens is 256 g/mol. The number of nitrogen functional groups attached to an aromatic ring is 1. The normalized spacial score (nSPS) is 10.8. The minimum absolute atomic E-state index is 0.295. The van der Waals surface area contributed by atoms with E-state index in [9.17, 15) is 0 Å². The molecule has 19 heavy (non-hydrogen) atoms. The summed E-state index contributed by atoms with van der Waals surface area (Å²) in [7, 11) is 0. The largest absolute Gasteiger partial charge is 0.368 e. The van der Waals surface area contributed by atoms with E-state index in [0.717, 1.165) is 23.3 Å². The predicted molar refractivity (Wildman–Crippen MR) is 80.3 cm³/mol. The molecule has 0 unspecified atom stereocenters. The van der Waals surface area contributed by atoms with Gasteiger partial charge >= 0.3 is 0 Å². The van der Waals surface area contributed by atoms with Crippen LogP contribution in [0.5, 0.6) is 0 Å². The lowest BCUT2D eigenvalue weighted by atomic mass is 10.2. The fourth-order valence-electron chi connectivity index (χ4n) is 1.98. The molecule has 0 atom stereocenters. The Morgan fingerprint density at radius 3 is 2.84 bits per heavy atom. The average molecular weight is 270 g/mol. The zero-order valence-corrected chi connectivity index (χ0v) is 11.4. The minimum atomic E-state index is 0.295. The zero-order chi connectivity index (χ0) is 13.2. The first kappa shape index (κ1) is 11.9. The third-order valence-corrected chi connectivity index (χ3v) is 3.94. The second kappa shape index (κ2) is 4.85. The molecule has 0 radical (unpaired) electrons. The molecule has 5 heteroatoms. The quantitative estimate of drug-likeness (QED) is 0.767. The van der Waals surface area contributed by atoms with Gasteiger partial charge in [-0.2, -0.15) is 16.3 Å². The van der Waals surface area contributed by atoms with Gasteiger partial charge in [0.15, 0.2) is 0 Å². The van der Waals surface area contributed by atoms with Gasteiger partial charge in [0.2, 0.25) is 5.95 Å². The van der Waals surface area contributed by atoms with Crippen LogP contribution < -0.4 is 11.1 Å². The van der Waals surface area contributed by atoms with Crippen LogP contribution in [0.15, 0.2) is 35.0 Å². The van der Waals surface area contributed by atoms with Gasteiger partial charge in [-0.15, -0.1) is 0 Å². The van der Waals surface area contributed by atoms with E-state index in [4.69, 9.17) is 5.73 Å². The highest BCUT2D eigenvalue weighted by atomic mass is 32.1. The number of aryl methyl sites for hydroxylation is 1. The number of hydrogen-bond acceptors (Lipinski definition) is 5. The molecule has 3 rings (SSSR count). The van der Waals surface area contributed by atoms with Crippen LogP contribution in [0.4, 0.5) is 11.8 Å². The van der Waals surface area contributed by atoms with Crippen molar-refractivity contribution in [1.82, 2.24) is 9.97 Å². The molecule has 0 bridgehead atoms. The van der Waals surface area contributed by atoms with Crippen LogP contribution in [0.25, 0.3) is 10.9 Å². The monoisotopic (exact) mass is 270 g/mol. The Morgan fingerprint density at radius 1 is 1.21 bits per heavy atom. The van der Waals surface area contributed by atoms with Gasteiger partial charge in [-0.05, 0) is 40.9 Å². The highest BCUT2D eigenvalue weighted by molar-refractivity contribution is 7.08. The molecule has 3 aromatic rings. The third-order valence-electron chi connectivity index (χ3n) is 3.03. The maximum absolute atomic E-state index is 5.74. The topological polar surface area (TPSA) is 63.8 Å². The molecular formula is C14H14N4S. The fourth-order valence-corrected chi connectivity index (χ4v) is 2.83. The van der Waals surface area contributed by atoms with E-state index in [0.29, 0.717) is 5.95 Å². The number of anilines is 2. The molecule has 0 amide bonds.